The molecule has 9 heteroatoms. The number of aliphatic hydroxyl groups excluding tert-OH is 1. The Balaban J connectivity index is 0.00000300. The van der Waals surface area contributed by atoms with E-state index in [9.17, 15) is 18.3 Å². The second kappa shape index (κ2) is 9.49. The number of sulfonamides is 1. The smallest absolute Gasteiger partial charge is 0.261 e. The van der Waals surface area contributed by atoms with Gasteiger partial charge in [0.2, 0.25) is 10.0 Å². The van der Waals surface area contributed by atoms with Crippen molar-refractivity contribution in [1.29, 1.82) is 0 Å². The predicted octanol–water partition coefficient (Wildman–Crippen LogP) is 2.20. The van der Waals surface area contributed by atoms with Crippen LogP contribution < -0.4 is 5.56 Å². The Morgan fingerprint density at radius 3 is 2.45 bits per heavy atom. The minimum absolute atomic E-state index is 0. The van der Waals surface area contributed by atoms with Crippen molar-refractivity contribution in [2.45, 2.75) is 31.4 Å². The molecule has 1 aromatic heterocycles. The number of benzene rings is 2. The molecule has 1 atom stereocenters. The summed E-state index contributed by atoms with van der Waals surface area (Å²) >= 11 is 0. The molecule has 0 fully saturated rings. The van der Waals surface area contributed by atoms with Crippen LogP contribution >= 0.6 is 12.4 Å². The van der Waals surface area contributed by atoms with Crippen LogP contribution in [0.3, 0.4) is 0 Å². The molecule has 0 saturated heterocycles. The molecule has 1 N–H and O–H groups in total. The van der Waals surface area contributed by atoms with E-state index in [0.29, 0.717) is 10.9 Å². The lowest BCUT2D eigenvalue weighted by molar-refractivity contribution is 0.128. The average Bonchev–Trinajstić information content (AvgIpc) is 2.68. The highest BCUT2D eigenvalue weighted by molar-refractivity contribution is 7.89. The molecule has 0 aliphatic carbocycles. The van der Waals surface area contributed by atoms with Crippen molar-refractivity contribution < 1.29 is 13.5 Å². The number of halogens is 1. The van der Waals surface area contributed by atoms with Crippen molar-refractivity contribution in [2.75, 3.05) is 13.1 Å². The maximum atomic E-state index is 12.8. The molecule has 0 aliphatic heterocycles. The van der Waals surface area contributed by atoms with E-state index in [1.54, 1.807) is 55.5 Å². The Morgan fingerprint density at radius 2 is 1.79 bits per heavy atom. The molecule has 2 aromatic carbocycles. The summed E-state index contributed by atoms with van der Waals surface area (Å²) in [5.41, 5.74) is 1.27. The van der Waals surface area contributed by atoms with E-state index in [1.807, 2.05) is 6.92 Å². The zero-order valence-corrected chi connectivity index (χ0v) is 17.9. The van der Waals surface area contributed by atoms with Gasteiger partial charge in [-0.05, 0) is 31.2 Å². The minimum atomic E-state index is -3.73. The quantitative estimate of drug-likeness (QED) is 0.611. The van der Waals surface area contributed by atoms with Crippen molar-refractivity contribution in [1.82, 2.24) is 13.9 Å². The van der Waals surface area contributed by atoms with Gasteiger partial charge in [-0.15, -0.1) is 12.4 Å². The summed E-state index contributed by atoms with van der Waals surface area (Å²) in [7, 11) is -3.73. The zero-order valence-electron chi connectivity index (χ0n) is 16.2. The van der Waals surface area contributed by atoms with E-state index in [1.165, 1.54) is 15.2 Å². The van der Waals surface area contributed by atoms with Crippen LogP contribution in [0.2, 0.25) is 0 Å². The molecule has 0 saturated carbocycles. The highest BCUT2D eigenvalue weighted by atomic mass is 35.5. The first kappa shape index (κ1) is 23.0. The van der Waals surface area contributed by atoms with Crippen LogP contribution in [-0.4, -0.2) is 46.6 Å². The largest absolute Gasteiger partial charge is 0.390 e. The number of rotatable bonds is 7. The first-order chi connectivity index (χ1) is 13.3. The number of aromatic nitrogens is 2. The van der Waals surface area contributed by atoms with Gasteiger partial charge in [0.1, 0.15) is 0 Å². The number of aliphatic hydroxyl groups is 1. The van der Waals surface area contributed by atoms with E-state index < -0.39 is 16.1 Å². The second-order valence-corrected chi connectivity index (χ2v) is 8.58. The highest BCUT2D eigenvalue weighted by Crippen LogP contribution is 2.17. The van der Waals surface area contributed by atoms with Crippen LogP contribution in [-0.2, 0) is 16.6 Å². The summed E-state index contributed by atoms with van der Waals surface area (Å²) in [6.45, 7) is 3.63. The number of nitrogens with zero attached hydrogens (tertiary/aromatic N) is 3. The molecule has 0 amide bonds. The maximum Gasteiger partial charge on any atom is 0.261 e. The van der Waals surface area contributed by atoms with Crippen molar-refractivity contribution in [3.63, 3.8) is 0 Å². The van der Waals surface area contributed by atoms with E-state index in [4.69, 9.17) is 0 Å². The molecule has 0 radical (unpaired) electrons. The molecule has 0 aliphatic rings. The Kier molecular flexibility index (Phi) is 7.54. The van der Waals surface area contributed by atoms with Crippen LogP contribution in [0, 0.1) is 6.92 Å². The van der Waals surface area contributed by atoms with Gasteiger partial charge in [0.05, 0.1) is 34.8 Å². The van der Waals surface area contributed by atoms with Gasteiger partial charge in [-0.3, -0.25) is 9.36 Å². The molecule has 1 unspecified atom stereocenters. The topological polar surface area (TPSA) is 92.5 Å². The minimum Gasteiger partial charge on any atom is -0.390 e. The van der Waals surface area contributed by atoms with Gasteiger partial charge in [-0.25, -0.2) is 13.4 Å². The highest BCUT2D eigenvalue weighted by Gasteiger charge is 2.25. The lowest BCUT2D eigenvalue weighted by Gasteiger charge is -2.24. The van der Waals surface area contributed by atoms with Crippen LogP contribution in [0.4, 0.5) is 0 Å². The Bertz CT molecular complexity index is 1130. The summed E-state index contributed by atoms with van der Waals surface area (Å²) in [6, 6.07) is 13.5. The van der Waals surface area contributed by atoms with Gasteiger partial charge in [-0.1, -0.05) is 36.8 Å². The van der Waals surface area contributed by atoms with E-state index in [-0.39, 0.29) is 42.5 Å². The molecule has 0 spiro atoms. The lowest BCUT2D eigenvalue weighted by atomic mass is 10.2. The number of aryl methyl sites for hydroxylation is 1. The zero-order chi connectivity index (χ0) is 20.3. The average molecular weight is 438 g/mol. The molecule has 1 heterocycles. The third-order valence-electron chi connectivity index (χ3n) is 4.56. The van der Waals surface area contributed by atoms with Gasteiger partial charge >= 0.3 is 0 Å². The van der Waals surface area contributed by atoms with Gasteiger partial charge in [-0.2, -0.15) is 4.31 Å². The number of likely N-dealkylation sites (N-methyl/N-ethyl adjacent to an activating group) is 1. The molecule has 3 rings (SSSR count). The van der Waals surface area contributed by atoms with Crippen molar-refractivity contribution in [3.05, 3.63) is 70.8 Å². The summed E-state index contributed by atoms with van der Waals surface area (Å²) in [5, 5.41) is 10.9. The van der Waals surface area contributed by atoms with Gasteiger partial charge in [0.25, 0.3) is 5.56 Å². The fourth-order valence-corrected chi connectivity index (χ4v) is 4.50. The Labute approximate surface area is 176 Å². The first-order valence-electron chi connectivity index (χ1n) is 9.02. The summed E-state index contributed by atoms with van der Waals surface area (Å²) in [6.07, 6.45) is 0.319. The number of fused-ring (bicyclic) bond motifs is 1. The lowest BCUT2D eigenvalue weighted by Crippen LogP contribution is -2.40. The van der Waals surface area contributed by atoms with Crippen LogP contribution in [0.25, 0.3) is 10.9 Å². The SMILES string of the molecule is CCN(CC(O)Cn1cnc2ccccc2c1=O)S(=O)(=O)c1ccc(C)cc1.Cl. The van der Waals surface area contributed by atoms with Crippen molar-refractivity contribution >= 4 is 33.3 Å². The van der Waals surface area contributed by atoms with E-state index >= 15 is 0 Å². The molecular formula is C20H24ClN3O4S. The van der Waals surface area contributed by atoms with Crippen LogP contribution in [0.5, 0.6) is 0 Å². The molecule has 3 aromatic rings. The molecular weight excluding hydrogens is 414 g/mol. The second-order valence-electron chi connectivity index (χ2n) is 6.64. The number of hydrogen-bond acceptors (Lipinski definition) is 5. The third kappa shape index (κ3) is 5.02. The fraction of sp³-hybridized carbons (Fsp3) is 0.300. The number of hydrogen-bond donors (Lipinski definition) is 1. The van der Waals surface area contributed by atoms with E-state index in [2.05, 4.69) is 4.98 Å². The third-order valence-corrected chi connectivity index (χ3v) is 6.52. The van der Waals surface area contributed by atoms with Gasteiger partial charge < -0.3 is 5.11 Å². The van der Waals surface area contributed by atoms with E-state index in [0.717, 1.165) is 5.56 Å². The Hall–Kier alpha value is -2.26. The fourth-order valence-electron chi connectivity index (χ4n) is 3.01. The summed E-state index contributed by atoms with van der Waals surface area (Å²) in [5.74, 6) is 0. The summed E-state index contributed by atoms with van der Waals surface area (Å²) in [4.78, 5) is 16.9. The molecule has 0 bridgehead atoms. The molecule has 7 nitrogen and oxygen atoms in total. The molecule has 29 heavy (non-hydrogen) atoms. The first-order valence-corrected chi connectivity index (χ1v) is 10.5. The van der Waals surface area contributed by atoms with Crippen LogP contribution in [0.15, 0.2) is 64.5 Å². The summed E-state index contributed by atoms with van der Waals surface area (Å²) < 4.78 is 28.2. The Morgan fingerprint density at radius 1 is 1.14 bits per heavy atom. The van der Waals surface area contributed by atoms with Gasteiger partial charge in [0, 0.05) is 13.1 Å². The standard InChI is InChI=1S/C20H23N3O4S.ClH/c1-3-23(28(26,27)17-10-8-15(2)9-11-17)13-16(24)12-22-14-21-19-7-5-4-6-18(19)20(22)25;/h4-11,14,16,24H,3,12-13H2,1-2H3;1H. The van der Waals surface area contributed by atoms with Crippen molar-refractivity contribution in [2.24, 2.45) is 0 Å². The monoisotopic (exact) mass is 437 g/mol. The normalized spacial score (nSPS) is 12.7. The predicted molar refractivity (Wildman–Crippen MR) is 115 cm³/mol. The van der Waals surface area contributed by atoms with Crippen molar-refractivity contribution in [3.8, 4) is 0 Å². The van der Waals surface area contributed by atoms with Gasteiger partial charge in [0.15, 0.2) is 0 Å². The van der Waals surface area contributed by atoms with Crippen LogP contribution in [0.1, 0.15) is 12.5 Å². The molecule has 156 valence electrons. The maximum absolute atomic E-state index is 12.8. The number of para-hydroxylation sites is 1.